The molecule has 0 unspecified atom stereocenters. The van der Waals surface area contributed by atoms with Gasteiger partial charge < -0.3 is 19.9 Å². The van der Waals surface area contributed by atoms with Gasteiger partial charge in [-0.05, 0) is 19.1 Å². The number of rotatable bonds is 6. The van der Waals surface area contributed by atoms with Crippen LogP contribution in [-0.2, 0) is 6.54 Å². The number of benzene rings is 1. The Morgan fingerprint density at radius 2 is 2.07 bits per heavy atom. The molecule has 3 rings (SSSR count). The van der Waals surface area contributed by atoms with E-state index in [4.69, 9.17) is 4.74 Å². The average Bonchev–Trinajstić information content (AvgIpc) is 3.20. The summed E-state index contributed by atoms with van der Waals surface area (Å²) in [6, 6.07) is 8.01. The molecule has 0 radical (unpaired) electrons. The van der Waals surface area contributed by atoms with E-state index in [1.54, 1.807) is 7.11 Å². The van der Waals surface area contributed by atoms with Crippen molar-refractivity contribution in [3.63, 3.8) is 0 Å². The van der Waals surface area contributed by atoms with Gasteiger partial charge in [0.15, 0.2) is 5.96 Å². The van der Waals surface area contributed by atoms with Crippen molar-refractivity contribution in [1.29, 1.82) is 0 Å². The molecule has 1 fully saturated rings. The summed E-state index contributed by atoms with van der Waals surface area (Å²) in [6.45, 7) is 3.43. The molecule has 9 heteroatoms. The number of hydrogen-bond acceptors (Lipinski definition) is 4. The van der Waals surface area contributed by atoms with Gasteiger partial charge in [-0.25, -0.2) is 9.98 Å². The predicted octanol–water partition coefficient (Wildman–Crippen LogP) is 2.57. The molecule has 0 bridgehead atoms. The molecular formula is C19H26F2N6O. The Labute approximate surface area is 163 Å². The zero-order valence-electron chi connectivity index (χ0n) is 16.2. The number of halogens is 2. The Bertz CT molecular complexity index is 786. The number of nitrogens with one attached hydrogen (secondary N) is 1. The summed E-state index contributed by atoms with van der Waals surface area (Å²) in [5.41, 5.74) is 1.12. The maximum Gasteiger partial charge on any atom is 0.319 e. The third-order valence-electron chi connectivity index (χ3n) is 4.66. The molecular weight excluding hydrogens is 366 g/mol. The number of guanidine groups is 1. The van der Waals surface area contributed by atoms with Crippen LogP contribution in [0.5, 0.6) is 5.75 Å². The van der Waals surface area contributed by atoms with Gasteiger partial charge in [0.1, 0.15) is 18.1 Å². The molecule has 1 aliphatic heterocycles. The van der Waals surface area contributed by atoms with E-state index in [1.165, 1.54) is 12.4 Å². The summed E-state index contributed by atoms with van der Waals surface area (Å²) >= 11 is 0. The lowest BCUT2D eigenvalue weighted by Crippen LogP contribution is -2.52. The van der Waals surface area contributed by atoms with E-state index in [1.807, 2.05) is 25.1 Å². The molecule has 28 heavy (non-hydrogen) atoms. The smallest absolute Gasteiger partial charge is 0.319 e. The van der Waals surface area contributed by atoms with Crippen LogP contribution < -0.4 is 15.0 Å². The first-order chi connectivity index (χ1) is 13.6. The molecule has 0 spiro atoms. The van der Waals surface area contributed by atoms with Crippen LogP contribution in [0.2, 0.25) is 0 Å². The first-order valence-electron chi connectivity index (χ1n) is 9.34. The molecule has 2 aromatic rings. The van der Waals surface area contributed by atoms with Gasteiger partial charge in [0.2, 0.25) is 0 Å². The topological polar surface area (TPSA) is 57.9 Å². The standard InChI is InChI=1S/C19H26F2N6O/c1-3-22-19(24-14-17-23-7-8-27(17)18(20)21)26-11-9-25(10-12-26)15-5-4-6-16(13-15)28-2/h4-8,13,18H,3,9-12,14H2,1-2H3,(H,22,24). The van der Waals surface area contributed by atoms with Crippen LogP contribution in [0, 0.1) is 0 Å². The number of methoxy groups -OCH3 is 1. The second-order valence-corrected chi connectivity index (χ2v) is 6.37. The Kier molecular flexibility index (Phi) is 6.67. The maximum atomic E-state index is 13.0. The molecule has 0 aliphatic carbocycles. The van der Waals surface area contributed by atoms with Crippen LogP contribution >= 0.6 is 0 Å². The average molecular weight is 392 g/mol. The molecule has 1 saturated heterocycles. The lowest BCUT2D eigenvalue weighted by atomic mass is 10.2. The Morgan fingerprint density at radius 3 is 2.75 bits per heavy atom. The molecule has 0 atom stereocenters. The second kappa shape index (κ2) is 9.38. The molecule has 0 saturated carbocycles. The fraction of sp³-hybridized carbons (Fsp3) is 0.474. The van der Waals surface area contributed by atoms with Crippen LogP contribution in [0.15, 0.2) is 41.7 Å². The number of aliphatic imine (C=N–C) groups is 1. The van der Waals surface area contributed by atoms with Gasteiger partial charge in [0, 0.05) is 56.9 Å². The summed E-state index contributed by atoms with van der Waals surface area (Å²) < 4.78 is 32.1. The molecule has 0 amide bonds. The van der Waals surface area contributed by atoms with Crippen molar-refractivity contribution in [3.05, 3.63) is 42.5 Å². The molecule has 2 heterocycles. The SMILES string of the molecule is CCNC(=NCc1nccn1C(F)F)N1CCN(c2cccc(OC)c2)CC1. The fourth-order valence-electron chi connectivity index (χ4n) is 3.20. The molecule has 1 aromatic heterocycles. The van der Waals surface area contributed by atoms with E-state index < -0.39 is 6.55 Å². The van der Waals surface area contributed by atoms with Gasteiger partial charge in [-0.15, -0.1) is 0 Å². The lowest BCUT2D eigenvalue weighted by molar-refractivity contribution is 0.0671. The van der Waals surface area contributed by atoms with Crippen molar-refractivity contribution in [3.8, 4) is 5.75 Å². The Morgan fingerprint density at radius 1 is 1.29 bits per heavy atom. The highest BCUT2D eigenvalue weighted by Crippen LogP contribution is 2.22. The highest BCUT2D eigenvalue weighted by molar-refractivity contribution is 5.80. The van der Waals surface area contributed by atoms with Crippen LogP contribution in [-0.4, -0.2) is 60.2 Å². The van der Waals surface area contributed by atoms with E-state index in [2.05, 4.69) is 31.2 Å². The minimum atomic E-state index is -2.61. The molecule has 1 N–H and O–H groups in total. The number of anilines is 1. The van der Waals surface area contributed by atoms with E-state index in [9.17, 15) is 8.78 Å². The van der Waals surface area contributed by atoms with Gasteiger partial charge in [0.25, 0.3) is 0 Å². The summed E-state index contributed by atoms with van der Waals surface area (Å²) in [7, 11) is 1.66. The van der Waals surface area contributed by atoms with Crippen molar-refractivity contribution in [2.24, 2.45) is 4.99 Å². The van der Waals surface area contributed by atoms with Crippen molar-refractivity contribution in [2.45, 2.75) is 20.0 Å². The minimum Gasteiger partial charge on any atom is -0.497 e. The zero-order chi connectivity index (χ0) is 19.9. The first-order valence-corrected chi connectivity index (χ1v) is 9.34. The maximum absolute atomic E-state index is 13.0. The van der Waals surface area contributed by atoms with Crippen LogP contribution in [0.25, 0.3) is 0 Å². The number of piperazine rings is 1. The number of aromatic nitrogens is 2. The fourth-order valence-corrected chi connectivity index (χ4v) is 3.20. The van der Waals surface area contributed by atoms with E-state index in [0.29, 0.717) is 6.54 Å². The summed E-state index contributed by atoms with van der Waals surface area (Å²) in [6.07, 6.45) is 2.65. The van der Waals surface area contributed by atoms with Gasteiger partial charge in [-0.2, -0.15) is 8.78 Å². The monoisotopic (exact) mass is 392 g/mol. The highest BCUT2D eigenvalue weighted by Gasteiger charge is 2.20. The Balaban J connectivity index is 1.64. The van der Waals surface area contributed by atoms with Gasteiger partial charge in [-0.3, -0.25) is 4.57 Å². The quantitative estimate of drug-likeness (QED) is 0.605. The Hall–Kier alpha value is -2.84. The van der Waals surface area contributed by atoms with Crippen LogP contribution in [0.3, 0.4) is 0 Å². The number of alkyl halides is 2. The minimum absolute atomic E-state index is 0.107. The largest absolute Gasteiger partial charge is 0.497 e. The van der Waals surface area contributed by atoms with E-state index in [-0.39, 0.29) is 12.4 Å². The molecule has 1 aromatic carbocycles. The summed E-state index contributed by atoms with van der Waals surface area (Å²) in [5, 5.41) is 3.25. The highest BCUT2D eigenvalue weighted by atomic mass is 19.3. The van der Waals surface area contributed by atoms with Crippen molar-refractivity contribution in [1.82, 2.24) is 19.8 Å². The molecule has 7 nitrogen and oxygen atoms in total. The number of imidazole rings is 1. The molecule has 152 valence electrons. The van der Waals surface area contributed by atoms with Crippen LogP contribution in [0.1, 0.15) is 19.3 Å². The van der Waals surface area contributed by atoms with E-state index in [0.717, 1.165) is 48.1 Å². The van der Waals surface area contributed by atoms with Crippen molar-refractivity contribution in [2.75, 3.05) is 44.7 Å². The van der Waals surface area contributed by atoms with Gasteiger partial charge in [0.05, 0.1) is 7.11 Å². The third kappa shape index (κ3) is 4.71. The van der Waals surface area contributed by atoms with Gasteiger partial charge >= 0.3 is 6.55 Å². The number of hydrogen-bond donors (Lipinski definition) is 1. The van der Waals surface area contributed by atoms with Crippen molar-refractivity contribution < 1.29 is 13.5 Å². The first kappa shape index (κ1) is 19.9. The van der Waals surface area contributed by atoms with E-state index >= 15 is 0 Å². The molecule has 1 aliphatic rings. The normalized spacial score (nSPS) is 15.2. The lowest BCUT2D eigenvalue weighted by Gasteiger charge is -2.37. The van der Waals surface area contributed by atoms with Crippen molar-refractivity contribution >= 4 is 11.6 Å². The number of ether oxygens (including phenoxy) is 1. The number of nitrogens with zero attached hydrogens (tertiary/aromatic N) is 5. The summed E-state index contributed by atoms with van der Waals surface area (Å²) in [5.74, 6) is 1.81. The summed E-state index contributed by atoms with van der Waals surface area (Å²) in [4.78, 5) is 13.0. The second-order valence-electron chi connectivity index (χ2n) is 6.37. The third-order valence-corrected chi connectivity index (χ3v) is 4.66. The zero-order valence-corrected chi connectivity index (χ0v) is 16.2. The van der Waals surface area contributed by atoms with Gasteiger partial charge in [-0.1, -0.05) is 6.07 Å². The predicted molar refractivity (Wildman–Crippen MR) is 105 cm³/mol. The van der Waals surface area contributed by atoms with Crippen LogP contribution in [0.4, 0.5) is 14.5 Å².